The Balaban J connectivity index is 2.49. The largest absolute Gasteiger partial charge is 0.380 e. The Bertz CT molecular complexity index is 225. The summed E-state index contributed by atoms with van der Waals surface area (Å²) in [6, 6.07) is 0.659. The smallest absolute Gasteiger partial charge is 0.0698 e. The summed E-state index contributed by atoms with van der Waals surface area (Å²) in [6.45, 7) is 12.4. The Labute approximate surface area is 113 Å². The molecule has 0 aromatic rings. The number of nitrogens with zero attached hydrogens (tertiary/aromatic N) is 1. The zero-order chi connectivity index (χ0) is 13.6. The minimum atomic E-state index is 0.211. The first-order valence-electron chi connectivity index (χ1n) is 7.48. The van der Waals surface area contributed by atoms with Gasteiger partial charge in [-0.1, -0.05) is 13.3 Å². The average Bonchev–Trinajstić information content (AvgIpc) is 2.33. The maximum atomic E-state index is 5.53. The molecule has 0 saturated carbocycles. The fraction of sp³-hybridized carbons (Fsp3) is 1.00. The summed E-state index contributed by atoms with van der Waals surface area (Å²) in [5.41, 5.74) is 0.211. The minimum absolute atomic E-state index is 0.211. The number of nitrogens with one attached hydrogen (secondary N) is 1. The fourth-order valence-electron chi connectivity index (χ4n) is 2.66. The molecule has 0 amide bonds. The van der Waals surface area contributed by atoms with Crippen LogP contribution in [0.3, 0.4) is 0 Å². The minimum Gasteiger partial charge on any atom is -0.380 e. The molecule has 0 aromatic heterocycles. The number of ether oxygens (including phenoxy) is 1. The van der Waals surface area contributed by atoms with E-state index in [1.54, 1.807) is 0 Å². The number of likely N-dealkylation sites (tertiary alicyclic amines) is 1. The normalized spacial score (nSPS) is 24.2. The Morgan fingerprint density at radius 1 is 1.39 bits per heavy atom. The van der Waals surface area contributed by atoms with Gasteiger partial charge in [0.05, 0.1) is 6.10 Å². The third-order valence-electron chi connectivity index (χ3n) is 3.75. The van der Waals surface area contributed by atoms with Gasteiger partial charge in [0.25, 0.3) is 0 Å². The summed E-state index contributed by atoms with van der Waals surface area (Å²) in [4.78, 5) is 2.62. The molecule has 0 spiro atoms. The molecule has 0 bridgehead atoms. The standard InChI is InChI=1S/C15H32N2O/c1-6-8-13(11-16-15(2,3)4)17-10-7-9-14(12-17)18-5/h13-14,16H,6-12H2,1-5H3. The average molecular weight is 256 g/mol. The Hall–Kier alpha value is -0.120. The van der Waals surface area contributed by atoms with E-state index in [1.165, 1.54) is 32.2 Å². The number of hydrogen-bond acceptors (Lipinski definition) is 3. The van der Waals surface area contributed by atoms with E-state index in [9.17, 15) is 0 Å². The van der Waals surface area contributed by atoms with Crippen molar-refractivity contribution < 1.29 is 4.74 Å². The van der Waals surface area contributed by atoms with E-state index in [4.69, 9.17) is 4.74 Å². The molecule has 1 fully saturated rings. The van der Waals surface area contributed by atoms with Crippen molar-refractivity contribution in [2.75, 3.05) is 26.7 Å². The highest BCUT2D eigenvalue weighted by molar-refractivity contribution is 4.83. The summed E-state index contributed by atoms with van der Waals surface area (Å²) in [5.74, 6) is 0. The second-order valence-corrected chi connectivity index (χ2v) is 6.57. The van der Waals surface area contributed by atoms with Crippen LogP contribution in [-0.4, -0.2) is 49.3 Å². The molecule has 108 valence electrons. The zero-order valence-electron chi connectivity index (χ0n) is 13.0. The lowest BCUT2D eigenvalue weighted by molar-refractivity contribution is 0.0120. The third-order valence-corrected chi connectivity index (χ3v) is 3.75. The molecular formula is C15H32N2O. The molecule has 1 saturated heterocycles. The predicted molar refractivity (Wildman–Crippen MR) is 78.1 cm³/mol. The summed E-state index contributed by atoms with van der Waals surface area (Å²) < 4.78 is 5.53. The lowest BCUT2D eigenvalue weighted by Gasteiger charge is -2.39. The van der Waals surface area contributed by atoms with Gasteiger partial charge in [-0.15, -0.1) is 0 Å². The van der Waals surface area contributed by atoms with Crippen molar-refractivity contribution in [2.45, 2.75) is 71.1 Å². The van der Waals surface area contributed by atoms with Gasteiger partial charge in [-0.05, 0) is 46.6 Å². The molecule has 0 radical (unpaired) electrons. The molecular weight excluding hydrogens is 224 g/mol. The van der Waals surface area contributed by atoms with Crippen LogP contribution in [0, 0.1) is 0 Å². The number of hydrogen-bond donors (Lipinski definition) is 1. The second-order valence-electron chi connectivity index (χ2n) is 6.57. The van der Waals surface area contributed by atoms with Gasteiger partial charge in [-0.2, -0.15) is 0 Å². The van der Waals surface area contributed by atoms with E-state index in [-0.39, 0.29) is 5.54 Å². The monoisotopic (exact) mass is 256 g/mol. The molecule has 3 nitrogen and oxygen atoms in total. The van der Waals surface area contributed by atoms with Crippen LogP contribution < -0.4 is 5.32 Å². The molecule has 2 atom stereocenters. The first kappa shape index (κ1) is 15.9. The molecule has 0 aliphatic carbocycles. The van der Waals surface area contributed by atoms with E-state index < -0.39 is 0 Å². The van der Waals surface area contributed by atoms with Crippen LogP contribution in [0.2, 0.25) is 0 Å². The molecule has 1 aliphatic heterocycles. The Kier molecular flexibility index (Phi) is 6.61. The molecule has 3 heteroatoms. The van der Waals surface area contributed by atoms with E-state index >= 15 is 0 Å². The topological polar surface area (TPSA) is 24.5 Å². The van der Waals surface area contributed by atoms with Crippen LogP contribution in [0.1, 0.15) is 53.4 Å². The molecule has 0 aromatic carbocycles. The summed E-state index contributed by atoms with van der Waals surface area (Å²) in [6.07, 6.45) is 5.46. The summed E-state index contributed by atoms with van der Waals surface area (Å²) in [5, 5.41) is 3.65. The first-order chi connectivity index (χ1) is 8.46. The summed E-state index contributed by atoms with van der Waals surface area (Å²) in [7, 11) is 1.84. The molecule has 1 rings (SSSR count). The van der Waals surface area contributed by atoms with Crippen LogP contribution in [-0.2, 0) is 4.74 Å². The third kappa shape index (κ3) is 5.68. The van der Waals surface area contributed by atoms with Crippen LogP contribution in [0.25, 0.3) is 0 Å². The van der Waals surface area contributed by atoms with E-state index in [0.717, 1.165) is 13.1 Å². The second kappa shape index (κ2) is 7.46. The zero-order valence-corrected chi connectivity index (χ0v) is 13.0. The van der Waals surface area contributed by atoms with Crippen molar-refractivity contribution in [1.82, 2.24) is 10.2 Å². The molecule has 1 heterocycles. The van der Waals surface area contributed by atoms with Crippen molar-refractivity contribution >= 4 is 0 Å². The summed E-state index contributed by atoms with van der Waals surface area (Å²) >= 11 is 0. The Morgan fingerprint density at radius 3 is 2.67 bits per heavy atom. The van der Waals surface area contributed by atoms with Gasteiger partial charge in [0.15, 0.2) is 0 Å². The molecule has 18 heavy (non-hydrogen) atoms. The molecule has 2 unspecified atom stereocenters. The van der Waals surface area contributed by atoms with Crippen molar-refractivity contribution in [3.8, 4) is 0 Å². The predicted octanol–water partition coefficient (Wildman–Crippen LogP) is 2.65. The fourth-order valence-corrected chi connectivity index (χ4v) is 2.66. The van der Waals surface area contributed by atoms with Crippen LogP contribution in [0.5, 0.6) is 0 Å². The van der Waals surface area contributed by atoms with E-state index in [1.807, 2.05) is 7.11 Å². The van der Waals surface area contributed by atoms with Gasteiger partial charge in [-0.25, -0.2) is 0 Å². The number of piperidine rings is 1. The van der Waals surface area contributed by atoms with Crippen molar-refractivity contribution in [3.05, 3.63) is 0 Å². The van der Waals surface area contributed by atoms with Gasteiger partial charge >= 0.3 is 0 Å². The van der Waals surface area contributed by atoms with Crippen LogP contribution in [0.4, 0.5) is 0 Å². The number of rotatable bonds is 6. The molecule has 1 N–H and O–H groups in total. The SMILES string of the molecule is CCCC(CNC(C)(C)C)N1CCCC(OC)C1. The van der Waals surface area contributed by atoms with Gasteiger partial charge in [0.2, 0.25) is 0 Å². The van der Waals surface area contributed by atoms with Gasteiger partial charge in [-0.3, -0.25) is 4.90 Å². The van der Waals surface area contributed by atoms with Crippen molar-refractivity contribution in [3.63, 3.8) is 0 Å². The molecule has 1 aliphatic rings. The van der Waals surface area contributed by atoms with Gasteiger partial charge in [0.1, 0.15) is 0 Å². The van der Waals surface area contributed by atoms with Crippen molar-refractivity contribution in [2.24, 2.45) is 0 Å². The highest BCUT2D eigenvalue weighted by Gasteiger charge is 2.26. The lowest BCUT2D eigenvalue weighted by atomic mass is 10.0. The Morgan fingerprint density at radius 2 is 2.11 bits per heavy atom. The van der Waals surface area contributed by atoms with E-state index in [2.05, 4.69) is 37.9 Å². The number of methoxy groups -OCH3 is 1. The van der Waals surface area contributed by atoms with E-state index in [0.29, 0.717) is 12.1 Å². The first-order valence-corrected chi connectivity index (χ1v) is 7.48. The lowest BCUT2D eigenvalue weighted by Crippen LogP contribution is -2.51. The van der Waals surface area contributed by atoms with Gasteiger partial charge in [0, 0.05) is 31.8 Å². The van der Waals surface area contributed by atoms with Crippen LogP contribution >= 0.6 is 0 Å². The quantitative estimate of drug-likeness (QED) is 0.791. The van der Waals surface area contributed by atoms with Crippen molar-refractivity contribution in [1.29, 1.82) is 0 Å². The maximum absolute atomic E-state index is 5.53. The highest BCUT2D eigenvalue weighted by atomic mass is 16.5. The maximum Gasteiger partial charge on any atom is 0.0698 e. The van der Waals surface area contributed by atoms with Crippen LogP contribution in [0.15, 0.2) is 0 Å². The van der Waals surface area contributed by atoms with Gasteiger partial charge < -0.3 is 10.1 Å². The highest BCUT2D eigenvalue weighted by Crippen LogP contribution is 2.18.